The Morgan fingerprint density at radius 3 is 2.52 bits per heavy atom. The van der Waals surface area contributed by atoms with Gasteiger partial charge in [-0.15, -0.1) is 0 Å². The van der Waals surface area contributed by atoms with Crippen molar-refractivity contribution in [2.45, 2.75) is 46.6 Å². The second-order valence-corrected chi connectivity index (χ2v) is 6.69. The van der Waals surface area contributed by atoms with E-state index in [1.807, 2.05) is 13.0 Å². The van der Waals surface area contributed by atoms with Crippen LogP contribution in [0.15, 0.2) is 23.2 Å². The molecule has 0 fully saturated rings. The van der Waals surface area contributed by atoms with Crippen LogP contribution in [-0.4, -0.2) is 37.7 Å². The van der Waals surface area contributed by atoms with Gasteiger partial charge in [0.1, 0.15) is 5.82 Å². The largest absolute Gasteiger partial charge is 0.357 e. The molecular weight excluding hydrogens is 291 g/mol. The molecule has 130 valence electrons. The smallest absolute Gasteiger partial charge is 0.191 e. The molecular formula is C18H31FN4. The molecule has 0 aliphatic heterocycles. The zero-order valence-electron chi connectivity index (χ0n) is 15.1. The SMILES string of the molecule is CCNC(=NCCNC(C)(C)C)NCCc1ccc(F)cc1C. The van der Waals surface area contributed by atoms with Crippen molar-refractivity contribution in [1.29, 1.82) is 0 Å². The Hall–Kier alpha value is -1.62. The second kappa shape index (κ2) is 9.50. The molecule has 1 rings (SSSR count). The van der Waals surface area contributed by atoms with Crippen molar-refractivity contribution in [1.82, 2.24) is 16.0 Å². The van der Waals surface area contributed by atoms with Gasteiger partial charge in [0.25, 0.3) is 0 Å². The summed E-state index contributed by atoms with van der Waals surface area (Å²) in [5.41, 5.74) is 2.26. The van der Waals surface area contributed by atoms with Crippen molar-refractivity contribution in [3.8, 4) is 0 Å². The van der Waals surface area contributed by atoms with E-state index in [4.69, 9.17) is 0 Å². The van der Waals surface area contributed by atoms with E-state index in [1.54, 1.807) is 6.07 Å². The Bertz CT molecular complexity index is 506. The molecule has 0 unspecified atom stereocenters. The first-order valence-corrected chi connectivity index (χ1v) is 8.34. The Kier molecular flexibility index (Phi) is 8.03. The molecule has 0 bridgehead atoms. The maximum absolute atomic E-state index is 13.1. The van der Waals surface area contributed by atoms with Crippen LogP contribution in [0.4, 0.5) is 4.39 Å². The van der Waals surface area contributed by atoms with Crippen LogP contribution >= 0.6 is 0 Å². The highest BCUT2D eigenvalue weighted by Gasteiger charge is 2.07. The molecule has 3 N–H and O–H groups in total. The average Bonchev–Trinajstić information content (AvgIpc) is 2.44. The average molecular weight is 322 g/mol. The number of guanidine groups is 1. The number of hydrogen-bond acceptors (Lipinski definition) is 2. The van der Waals surface area contributed by atoms with Crippen molar-refractivity contribution in [2.75, 3.05) is 26.2 Å². The molecule has 5 heteroatoms. The van der Waals surface area contributed by atoms with E-state index in [-0.39, 0.29) is 11.4 Å². The normalized spacial score (nSPS) is 12.3. The quantitative estimate of drug-likeness (QED) is 0.411. The van der Waals surface area contributed by atoms with Crippen LogP contribution < -0.4 is 16.0 Å². The monoisotopic (exact) mass is 322 g/mol. The molecule has 0 amide bonds. The summed E-state index contributed by atoms with van der Waals surface area (Å²) in [5, 5.41) is 9.98. The molecule has 1 aromatic carbocycles. The van der Waals surface area contributed by atoms with E-state index in [0.717, 1.165) is 49.7 Å². The second-order valence-electron chi connectivity index (χ2n) is 6.69. The van der Waals surface area contributed by atoms with Crippen LogP contribution in [0.25, 0.3) is 0 Å². The fourth-order valence-corrected chi connectivity index (χ4v) is 2.20. The predicted molar refractivity (Wildman–Crippen MR) is 96.6 cm³/mol. The fourth-order valence-electron chi connectivity index (χ4n) is 2.20. The molecule has 0 radical (unpaired) electrons. The van der Waals surface area contributed by atoms with E-state index < -0.39 is 0 Å². The molecule has 0 saturated carbocycles. The van der Waals surface area contributed by atoms with Crippen LogP contribution in [0.2, 0.25) is 0 Å². The Morgan fingerprint density at radius 2 is 1.91 bits per heavy atom. The highest BCUT2D eigenvalue weighted by molar-refractivity contribution is 5.79. The molecule has 0 aromatic heterocycles. The Morgan fingerprint density at radius 1 is 1.17 bits per heavy atom. The number of aliphatic imine (C=N–C) groups is 1. The van der Waals surface area contributed by atoms with Gasteiger partial charge in [-0.25, -0.2) is 4.39 Å². The predicted octanol–water partition coefficient (Wildman–Crippen LogP) is 2.62. The summed E-state index contributed by atoms with van der Waals surface area (Å²) in [5.74, 6) is 0.642. The molecule has 0 aliphatic carbocycles. The summed E-state index contributed by atoms with van der Waals surface area (Å²) in [6.07, 6.45) is 0.844. The summed E-state index contributed by atoms with van der Waals surface area (Å²) in [6, 6.07) is 4.94. The van der Waals surface area contributed by atoms with Crippen molar-refractivity contribution in [2.24, 2.45) is 4.99 Å². The maximum Gasteiger partial charge on any atom is 0.191 e. The lowest BCUT2D eigenvalue weighted by Gasteiger charge is -2.20. The minimum absolute atomic E-state index is 0.113. The van der Waals surface area contributed by atoms with E-state index in [9.17, 15) is 4.39 Å². The highest BCUT2D eigenvalue weighted by atomic mass is 19.1. The first-order chi connectivity index (χ1) is 10.8. The van der Waals surface area contributed by atoms with E-state index in [2.05, 4.69) is 48.6 Å². The lowest BCUT2D eigenvalue weighted by molar-refractivity contribution is 0.432. The van der Waals surface area contributed by atoms with Gasteiger partial charge in [-0.3, -0.25) is 4.99 Å². The third-order valence-electron chi connectivity index (χ3n) is 3.37. The first kappa shape index (κ1) is 19.4. The summed E-state index contributed by atoms with van der Waals surface area (Å²) >= 11 is 0. The summed E-state index contributed by atoms with van der Waals surface area (Å²) in [6.45, 7) is 13.6. The maximum atomic E-state index is 13.1. The van der Waals surface area contributed by atoms with Gasteiger partial charge >= 0.3 is 0 Å². The van der Waals surface area contributed by atoms with Crippen molar-refractivity contribution in [3.63, 3.8) is 0 Å². The van der Waals surface area contributed by atoms with Gasteiger partial charge in [-0.2, -0.15) is 0 Å². The van der Waals surface area contributed by atoms with E-state index >= 15 is 0 Å². The van der Waals surface area contributed by atoms with Crippen molar-refractivity contribution in [3.05, 3.63) is 35.1 Å². The lowest BCUT2D eigenvalue weighted by atomic mass is 10.1. The van der Waals surface area contributed by atoms with E-state index in [1.165, 1.54) is 6.07 Å². The number of halogens is 1. The van der Waals surface area contributed by atoms with Gasteiger partial charge in [0.2, 0.25) is 0 Å². The number of nitrogens with zero attached hydrogens (tertiary/aromatic N) is 1. The van der Waals surface area contributed by atoms with Gasteiger partial charge in [0, 0.05) is 25.2 Å². The number of hydrogen-bond donors (Lipinski definition) is 3. The summed E-state index contributed by atoms with van der Waals surface area (Å²) in [4.78, 5) is 4.56. The molecule has 4 nitrogen and oxygen atoms in total. The number of aryl methyl sites for hydroxylation is 1. The standard InChI is InChI=1S/C18H31FN4/c1-6-20-17(22-11-12-23-18(3,4)5)21-10-9-15-7-8-16(19)13-14(15)2/h7-8,13,23H,6,9-12H2,1-5H3,(H2,20,21,22). The fraction of sp³-hybridized carbons (Fsp3) is 0.611. The topological polar surface area (TPSA) is 48.5 Å². The third kappa shape index (κ3) is 8.55. The number of rotatable bonds is 7. The van der Waals surface area contributed by atoms with Crippen LogP contribution in [0.5, 0.6) is 0 Å². The highest BCUT2D eigenvalue weighted by Crippen LogP contribution is 2.10. The third-order valence-corrected chi connectivity index (χ3v) is 3.37. The molecule has 0 heterocycles. The Balaban J connectivity index is 2.43. The van der Waals surface area contributed by atoms with Crippen molar-refractivity contribution >= 4 is 5.96 Å². The van der Waals surface area contributed by atoms with Gasteiger partial charge in [0.15, 0.2) is 5.96 Å². The van der Waals surface area contributed by atoms with Gasteiger partial charge in [-0.05, 0) is 64.3 Å². The zero-order valence-corrected chi connectivity index (χ0v) is 15.1. The van der Waals surface area contributed by atoms with Crippen LogP contribution in [0.3, 0.4) is 0 Å². The number of nitrogens with one attached hydrogen (secondary N) is 3. The zero-order chi connectivity index (χ0) is 17.3. The molecule has 1 aromatic rings. The van der Waals surface area contributed by atoms with Crippen LogP contribution in [-0.2, 0) is 6.42 Å². The summed E-state index contributed by atoms with van der Waals surface area (Å²) < 4.78 is 13.1. The number of benzene rings is 1. The molecule has 23 heavy (non-hydrogen) atoms. The minimum atomic E-state index is -0.180. The minimum Gasteiger partial charge on any atom is -0.357 e. The molecule has 0 atom stereocenters. The van der Waals surface area contributed by atoms with E-state index in [0.29, 0.717) is 0 Å². The molecule has 0 aliphatic rings. The van der Waals surface area contributed by atoms with Crippen LogP contribution in [0.1, 0.15) is 38.8 Å². The van der Waals surface area contributed by atoms with Gasteiger partial charge in [-0.1, -0.05) is 6.07 Å². The van der Waals surface area contributed by atoms with Gasteiger partial charge < -0.3 is 16.0 Å². The molecule has 0 spiro atoms. The van der Waals surface area contributed by atoms with Crippen LogP contribution in [0, 0.1) is 12.7 Å². The van der Waals surface area contributed by atoms with Gasteiger partial charge in [0.05, 0.1) is 6.54 Å². The summed E-state index contributed by atoms with van der Waals surface area (Å²) in [7, 11) is 0. The van der Waals surface area contributed by atoms with Crippen molar-refractivity contribution < 1.29 is 4.39 Å². The molecule has 0 saturated heterocycles. The first-order valence-electron chi connectivity index (χ1n) is 8.34. The lowest BCUT2D eigenvalue weighted by Crippen LogP contribution is -2.40. The Labute approximate surface area is 140 Å².